The monoisotopic (exact) mass is 336 g/mol. The van der Waals surface area contributed by atoms with Crippen molar-refractivity contribution < 1.29 is 9.18 Å². The molecule has 0 fully saturated rings. The van der Waals surface area contributed by atoms with Crippen LogP contribution in [-0.2, 0) is 6.42 Å². The van der Waals surface area contributed by atoms with E-state index in [-0.39, 0.29) is 11.8 Å². The van der Waals surface area contributed by atoms with Crippen molar-refractivity contribution in [1.82, 2.24) is 5.32 Å². The minimum atomic E-state index is -0.328. The zero-order valence-electron chi connectivity index (χ0n) is 10.7. The van der Waals surface area contributed by atoms with E-state index < -0.39 is 0 Å². The Balaban J connectivity index is 1.76. The summed E-state index contributed by atoms with van der Waals surface area (Å²) in [6, 6.07) is 13.3. The summed E-state index contributed by atoms with van der Waals surface area (Å²) in [4.78, 5) is 11.6. The van der Waals surface area contributed by atoms with Crippen molar-refractivity contribution in [2.75, 3.05) is 11.9 Å². The first-order valence-corrected chi connectivity index (χ1v) is 6.97. The molecule has 0 saturated carbocycles. The Hall–Kier alpha value is -1.88. The van der Waals surface area contributed by atoms with Crippen LogP contribution in [0.15, 0.2) is 53.0 Å². The normalized spacial score (nSPS) is 10.1. The third-order valence-corrected chi connectivity index (χ3v) is 3.18. The van der Waals surface area contributed by atoms with Crippen LogP contribution >= 0.6 is 15.9 Å². The van der Waals surface area contributed by atoms with Crippen LogP contribution in [0.4, 0.5) is 14.9 Å². The van der Waals surface area contributed by atoms with E-state index in [1.165, 1.54) is 24.3 Å². The Kier molecular flexibility index (Phi) is 5.12. The van der Waals surface area contributed by atoms with Crippen LogP contribution < -0.4 is 10.6 Å². The lowest BCUT2D eigenvalue weighted by Gasteiger charge is -2.07. The summed E-state index contributed by atoms with van der Waals surface area (Å²) < 4.78 is 13.7. The van der Waals surface area contributed by atoms with E-state index in [1.54, 1.807) is 0 Å². The van der Waals surface area contributed by atoms with E-state index in [0.29, 0.717) is 12.2 Å². The highest BCUT2D eigenvalue weighted by Gasteiger charge is 2.01. The second kappa shape index (κ2) is 7.05. The maximum Gasteiger partial charge on any atom is 0.319 e. The molecule has 2 rings (SSSR count). The van der Waals surface area contributed by atoms with Crippen molar-refractivity contribution in [3.63, 3.8) is 0 Å². The van der Waals surface area contributed by atoms with Gasteiger partial charge in [-0.25, -0.2) is 9.18 Å². The minimum Gasteiger partial charge on any atom is -0.338 e. The molecule has 0 aliphatic rings. The summed E-state index contributed by atoms with van der Waals surface area (Å²) >= 11 is 3.40. The van der Waals surface area contributed by atoms with E-state index in [1.807, 2.05) is 24.3 Å². The topological polar surface area (TPSA) is 41.1 Å². The molecule has 2 aromatic rings. The lowest BCUT2D eigenvalue weighted by Crippen LogP contribution is -2.30. The largest absolute Gasteiger partial charge is 0.338 e. The van der Waals surface area contributed by atoms with Crippen LogP contribution in [0.2, 0.25) is 0 Å². The molecule has 0 radical (unpaired) electrons. The van der Waals surface area contributed by atoms with Gasteiger partial charge in [-0.2, -0.15) is 0 Å². The number of urea groups is 1. The Morgan fingerprint density at radius 1 is 1.15 bits per heavy atom. The molecule has 5 heteroatoms. The fraction of sp³-hybridized carbons (Fsp3) is 0.133. The maximum atomic E-state index is 12.7. The number of rotatable bonds is 4. The van der Waals surface area contributed by atoms with Gasteiger partial charge in [-0.3, -0.25) is 0 Å². The number of nitrogens with one attached hydrogen (secondary N) is 2. The number of carbonyl (C=O) groups is 1. The second-order valence-corrected chi connectivity index (χ2v) is 5.18. The van der Waals surface area contributed by atoms with Crippen LogP contribution in [0.25, 0.3) is 0 Å². The molecule has 3 nitrogen and oxygen atoms in total. The summed E-state index contributed by atoms with van der Waals surface area (Å²) in [5.74, 6) is -0.328. The molecular weight excluding hydrogens is 323 g/mol. The first-order valence-electron chi connectivity index (χ1n) is 6.18. The van der Waals surface area contributed by atoms with Crippen molar-refractivity contribution in [1.29, 1.82) is 0 Å². The molecule has 104 valence electrons. The van der Waals surface area contributed by atoms with Crippen molar-refractivity contribution in [2.45, 2.75) is 6.42 Å². The smallest absolute Gasteiger partial charge is 0.319 e. The van der Waals surface area contributed by atoms with Crippen LogP contribution in [0.3, 0.4) is 0 Å². The predicted octanol–water partition coefficient (Wildman–Crippen LogP) is 3.95. The third kappa shape index (κ3) is 4.66. The average molecular weight is 337 g/mol. The molecule has 20 heavy (non-hydrogen) atoms. The number of amides is 2. The quantitative estimate of drug-likeness (QED) is 0.871. The summed E-state index contributed by atoms with van der Waals surface area (Å²) in [5, 5.41) is 5.40. The molecule has 0 saturated heterocycles. The van der Waals surface area contributed by atoms with Gasteiger partial charge in [0.1, 0.15) is 5.82 Å². The molecular formula is C15H14BrFN2O. The number of hydrogen-bond acceptors (Lipinski definition) is 1. The van der Waals surface area contributed by atoms with E-state index in [4.69, 9.17) is 0 Å². The molecule has 0 aromatic heterocycles. The van der Waals surface area contributed by atoms with E-state index >= 15 is 0 Å². The van der Waals surface area contributed by atoms with Crippen molar-refractivity contribution in [3.8, 4) is 0 Å². The minimum absolute atomic E-state index is 0.299. The van der Waals surface area contributed by atoms with Crippen LogP contribution in [-0.4, -0.2) is 12.6 Å². The summed E-state index contributed by atoms with van der Waals surface area (Å²) in [7, 11) is 0. The van der Waals surface area contributed by atoms with Gasteiger partial charge in [0.2, 0.25) is 0 Å². The van der Waals surface area contributed by atoms with E-state index in [2.05, 4.69) is 26.6 Å². The van der Waals surface area contributed by atoms with Crippen LogP contribution in [0, 0.1) is 5.82 Å². The van der Waals surface area contributed by atoms with Crippen molar-refractivity contribution in [3.05, 3.63) is 64.4 Å². The van der Waals surface area contributed by atoms with Gasteiger partial charge >= 0.3 is 6.03 Å². The summed E-state index contributed by atoms with van der Waals surface area (Å²) in [6.07, 6.45) is 0.746. The van der Waals surface area contributed by atoms with Crippen molar-refractivity contribution in [2.24, 2.45) is 0 Å². The highest BCUT2D eigenvalue weighted by atomic mass is 79.9. The molecule has 2 N–H and O–H groups in total. The molecule has 0 aliphatic carbocycles. The summed E-state index contributed by atoms with van der Waals surface area (Å²) in [6.45, 7) is 0.531. The fourth-order valence-corrected chi connectivity index (χ4v) is 2.17. The SMILES string of the molecule is O=C(NCCc1cccc(Br)c1)Nc1ccc(F)cc1. The zero-order valence-corrected chi connectivity index (χ0v) is 12.3. The van der Waals surface area contributed by atoms with E-state index in [0.717, 1.165) is 16.5 Å². The Bertz CT molecular complexity index is 587. The molecule has 0 atom stereocenters. The third-order valence-electron chi connectivity index (χ3n) is 2.69. The van der Waals surface area contributed by atoms with Gasteiger partial charge in [-0.1, -0.05) is 28.1 Å². The number of halogens is 2. The van der Waals surface area contributed by atoms with Gasteiger partial charge in [-0.15, -0.1) is 0 Å². The van der Waals surface area contributed by atoms with Gasteiger partial charge < -0.3 is 10.6 Å². The summed E-state index contributed by atoms with van der Waals surface area (Å²) in [5.41, 5.74) is 1.70. The van der Waals surface area contributed by atoms with Crippen molar-refractivity contribution >= 4 is 27.6 Å². The van der Waals surface area contributed by atoms with Gasteiger partial charge in [-0.05, 0) is 48.4 Å². The predicted molar refractivity (Wildman–Crippen MR) is 81.3 cm³/mol. The first kappa shape index (κ1) is 14.5. The van der Waals surface area contributed by atoms with Crippen LogP contribution in [0.1, 0.15) is 5.56 Å². The molecule has 0 spiro atoms. The highest BCUT2D eigenvalue weighted by Crippen LogP contribution is 2.11. The number of anilines is 1. The van der Waals surface area contributed by atoms with E-state index in [9.17, 15) is 9.18 Å². The lowest BCUT2D eigenvalue weighted by molar-refractivity contribution is 0.252. The highest BCUT2D eigenvalue weighted by molar-refractivity contribution is 9.10. The molecule has 0 unspecified atom stereocenters. The lowest BCUT2D eigenvalue weighted by atomic mass is 10.1. The van der Waals surface area contributed by atoms with Crippen LogP contribution in [0.5, 0.6) is 0 Å². The molecule has 0 aliphatic heterocycles. The molecule has 2 aromatic carbocycles. The standard InChI is InChI=1S/C15H14BrFN2O/c16-12-3-1-2-11(10-12)8-9-18-15(20)19-14-6-4-13(17)5-7-14/h1-7,10H,8-9H2,(H2,18,19,20). The Labute approximate surface area is 125 Å². The van der Waals surface area contributed by atoms with Gasteiger partial charge in [0.15, 0.2) is 0 Å². The van der Waals surface area contributed by atoms with Gasteiger partial charge in [0, 0.05) is 16.7 Å². The molecule has 0 bridgehead atoms. The average Bonchev–Trinajstić information content (AvgIpc) is 2.41. The first-order chi connectivity index (χ1) is 9.63. The number of hydrogen-bond donors (Lipinski definition) is 2. The zero-order chi connectivity index (χ0) is 14.4. The number of benzene rings is 2. The fourth-order valence-electron chi connectivity index (χ4n) is 1.72. The van der Waals surface area contributed by atoms with Gasteiger partial charge in [0.05, 0.1) is 0 Å². The molecule has 0 heterocycles. The van der Waals surface area contributed by atoms with Gasteiger partial charge in [0.25, 0.3) is 0 Å². The Morgan fingerprint density at radius 2 is 1.90 bits per heavy atom. The number of carbonyl (C=O) groups excluding carboxylic acids is 1. The maximum absolute atomic E-state index is 12.7. The Morgan fingerprint density at radius 3 is 2.60 bits per heavy atom. The molecule has 2 amide bonds. The second-order valence-electron chi connectivity index (χ2n) is 4.27.